The molecule has 0 saturated heterocycles. The van der Waals surface area contributed by atoms with Gasteiger partial charge in [0, 0.05) is 15.7 Å². The van der Waals surface area contributed by atoms with E-state index in [-0.39, 0.29) is 21.5 Å². The van der Waals surface area contributed by atoms with E-state index in [2.05, 4.69) is 10.0 Å². The number of amides is 1. The van der Waals surface area contributed by atoms with Crippen molar-refractivity contribution in [2.75, 3.05) is 10.0 Å². The summed E-state index contributed by atoms with van der Waals surface area (Å²) in [5.74, 6) is 0.146. The molecule has 0 heterocycles. The summed E-state index contributed by atoms with van der Waals surface area (Å²) in [6.07, 6.45) is -0.790. The number of benzene rings is 3. The van der Waals surface area contributed by atoms with E-state index in [4.69, 9.17) is 39.5 Å². The number of anilines is 2. The van der Waals surface area contributed by atoms with Crippen molar-refractivity contribution in [2.24, 2.45) is 0 Å². The Morgan fingerprint density at radius 2 is 1.55 bits per heavy atom. The van der Waals surface area contributed by atoms with Gasteiger partial charge in [-0.25, -0.2) is 8.42 Å². The molecule has 0 aliphatic rings. The fourth-order valence-electron chi connectivity index (χ4n) is 2.97. The zero-order valence-corrected chi connectivity index (χ0v) is 21.0. The van der Waals surface area contributed by atoms with Crippen LogP contribution in [0.4, 0.5) is 11.4 Å². The minimum atomic E-state index is -3.89. The van der Waals surface area contributed by atoms with E-state index in [0.29, 0.717) is 21.5 Å². The first kappa shape index (κ1) is 25.2. The number of nitrogens with one attached hydrogen (secondary N) is 2. The predicted octanol–water partition coefficient (Wildman–Crippen LogP) is 6.47. The van der Waals surface area contributed by atoms with Crippen molar-refractivity contribution in [3.8, 4) is 5.75 Å². The highest BCUT2D eigenvalue weighted by molar-refractivity contribution is 7.92. The maximum absolute atomic E-state index is 12.6. The van der Waals surface area contributed by atoms with Crippen molar-refractivity contribution in [3.05, 3.63) is 80.8 Å². The highest BCUT2D eigenvalue weighted by Crippen LogP contribution is 2.28. The van der Waals surface area contributed by atoms with Crippen LogP contribution in [0, 0.1) is 13.8 Å². The first-order chi connectivity index (χ1) is 15.5. The van der Waals surface area contributed by atoms with E-state index >= 15 is 0 Å². The van der Waals surface area contributed by atoms with E-state index < -0.39 is 16.1 Å². The second-order valence-corrected chi connectivity index (χ2v) is 10.3. The van der Waals surface area contributed by atoms with Crippen LogP contribution in [0.15, 0.2) is 59.5 Å². The molecule has 0 spiro atoms. The molecule has 0 bridgehead atoms. The van der Waals surface area contributed by atoms with Crippen LogP contribution in [-0.4, -0.2) is 20.4 Å². The van der Waals surface area contributed by atoms with Crippen molar-refractivity contribution >= 4 is 62.1 Å². The van der Waals surface area contributed by atoms with Gasteiger partial charge >= 0.3 is 0 Å². The van der Waals surface area contributed by atoms with Gasteiger partial charge in [-0.15, -0.1) is 0 Å². The number of aryl methyl sites for hydroxylation is 2. The Hall–Kier alpha value is -2.45. The van der Waals surface area contributed by atoms with Crippen molar-refractivity contribution < 1.29 is 17.9 Å². The van der Waals surface area contributed by atoms with Gasteiger partial charge in [-0.05, 0) is 86.5 Å². The molecule has 1 amide bonds. The Balaban J connectivity index is 1.66. The molecular formula is C23H21Cl3N2O4S. The van der Waals surface area contributed by atoms with Gasteiger partial charge in [0.25, 0.3) is 15.9 Å². The first-order valence-corrected chi connectivity index (χ1v) is 12.4. The fourth-order valence-corrected chi connectivity index (χ4v) is 4.67. The van der Waals surface area contributed by atoms with Crippen LogP contribution >= 0.6 is 34.8 Å². The third kappa shape index (κ3) is 6.32. The third-order valence-electron chi connectivity index (χ3n) is 4.70. The molecule has 1 atom stereocenters. The lowest BCUT2D eigenvalue weighted by molar-refractivity contribution is -0.122. The molecule has 33 heavy (non-hydrogen) atoms. The van der Waals surface area contributed by atoms with Crippen LogP contribution in [0.3, 0.4) is 0 Å². The number of hydrogen-bond donors (Lipinski definition) is 2. The van der Waals surface area contributed by atoms with E-state index in [0.717, 1.165) is 11.1 Å². The molecule has 3 aromatic carbocycles. The highest BCUT2D eigenvalue weighted by atomic mass is 35.5. The molecule has 2 N–H and O–H groups in total. The van der Waals surface area contributed by atoms with Crippen LogP contribution in [0.5, 0.6) is 5.75 Å². The molecule has 0 aliphatic heterocycles. The van der Waals surface area contributed by atoms with E-state index in [1.54, 1.807) is 19.1 Å². The minimum absolute atomic E-state index is 0.00271. The second-order valence-electron chi connectivity index (χ2n) is 7.37. The van der Waals surface area contributed by atoms with Gasteiger partial charge in [0.1, 0.15) is 5.75 Å². The Labute approximate surface area is 207 Å². The number of ether oxygens (including phenoxy) is 1. The summed E-state index contributed by atoms with van der Waals surface area (Å²) in [4.78, 5) is 12.5. The Morgan fingerprint density at radius 1 is 0.939 bits per heavy atom. The summed E-state index contributed by atoms with van der Waals surface area (Å²) in [5, 5.41) is 3.93. The molecule has 0 aliphatic carbocycles. The van der Waals surface area contributed by atoms with Gasteiger partial charge < -0.3 is 10.1 Å². The van der Waals surface area contributed by atoms with Gasteiger partial charge in [-0.3, -0.25) is 9.52 Å². The SMILES string of the molecule is Cc1cc(O[C@@H](C)C(=O)Nc2ccc(S(=O)(=O)Nc3ccc(Cl)cc3Cl)cc2)cc(C)c1Cl. The van der Waals surface area contributed by atoms with E-state index in [1.807, 2.05) is 13.8 Å². The first-order valence-electron chi connectivity index (χ1n) is 9.78. The Morgan fingerprint density at radius 3 is 2.12 bits per heavy atom. The average molecular weight is 528 g/mol. The molecule has 0 saturated carbocycles. The van der Waals surface area contributed by atoms with Crippen molar-refractivity contribution in [2.45, 2.75) is 31.8 Å². The maximum Gasteiger partial charge on any atom is 0.265 e. The average Bonchev–Trinajstić information content (AvgIpc) is 2.74. The molecule has 0 aromatic heterocycles. The number of carbonyl (C=O) groups is 1. The number of hydrogen-bond acceptors (Lipinski definition) is 4. The molecule has 3 rings (SSSR count). The number of carbonyl (C=O) groups excluding carboxylic acids is 1. The van der Waals surface area contributed by atoms with Crippen molar-refractivity contribution in [1.82, 2.24) is 0 Å². The lowest BCUT2D eigenvalue weighted by Crippen LogP contribution is -2.30. The molecule has 10 heteroatoms. The quantitative estimate of drug-likeness (QED) is 0.369. The van der Waals surface area contributed by atoms with Gasteiger partial charge in [0.2, 0.25) is 0 Å². The van der Waals surface area contributed by atoms with E-state index in [1.165, 1.54) is 42.5 Å². The summed E-state index contributed by atoms with van der Waals surface area (Å²) in [6, 6.07) is 13.7. The maximum atomic E-state index is 12.6. The molecule has 174 valence electrons. The van der Waals surface area contributed by atoms with Crippen LogP contribution in [0.2, 0.25) is 15.1 Å². The van der Waals surface area contributed by atoms with Crippen LogP contribution < -0.4 is 14.8 Å². The van der Waals surface area contributed by atoms with Crippen LogP contribution in [0.1, 0.15) is 18.1 Å². The largest absolute Gasteiger partial charge is 0.481 e. The van der Waals surface area contributed by atoms with Crippen molar-refractivity contribution in [3.63, 3.8) is 0 Å². The number of rotatable bonds is 7. The summed E-state index contributed by atoms with van der Waals surface area (Å²) in [6.45, 7) is 5.34. The smallest absolute Gasteiger partial charge is 0.265 e. The summed E-state index contributed by atoms with van der Waals surface area (Å²) < 4.78 is 33.4. The van der Waals surface area contributed by atoms with Gasteiger partial charge in [0.15, 0.2) is 6.10 Å². The molecule has 3 aromatic rings. The fraction of sp³-hybridized carbons (Fsp3) is 0.174. The third-order valence-corrected chi connectivity index (χ3v) is 7.23. The number of sulfonamides is 1. The standard InChI is InChI=1S/C23H21Cl3N2O4S/c1-13-10-18(11-14(2)22(13)26)32-15(3)23(29)27-17-5-7-19(8-6-17)33(30,31)28-21-9-4-16(24)12-20(21)25/h4-12,15,28H,1-3H3,(H,27,29)/t15-/m0/s1. The minimum Gasteiger partial charge on any atom is -0.481 e. The lowest BCUT2D eigenvalue weighted by Gasteiger charge is -2.16. The van der Waals surface area contributed by atoms with Crippen LogP contribution in [0.25, 0.3) is 0 Å². The van der Waals surface area contributed by atoms with E-state index in [9.17, 15) is 13.2 Å². The monoisotopic (exact) mass is 526 g/mol. The van der Waals surface area contributed by atoms with Crippen LogP contribution in [-0.2, 0) is 14.8 Å². The topological polar surface area (TPSA) is 84.5 Å². The molecule has 0 radical (unpaired) electrons. The molecular weight excluding hydrogens is 507 g/mol. The number of halogens is 3. The summed E-state index contributed by atoms with van der Waals surface area (Å²) in [5.41, 5.74) is 2.33. The lowest BCUT2D eigenvalue weighted by atomic mass is 10.1. The predicted molar refractivity (Wildman–Crippen MR) is 133 cm³/mol. The van der Waals surface area contributed by atoms with Gasteiger partial charge in [-0.1, -0.05) is 34.8 Å². The Bertz CT molecular complexity index is 1270. The van der Waals surface area contributed by atoms with Gasteiger partial charge in [-0.2, -0.15) is 0 Å². The molecule has 6 nitrogen and oxygen atoms in total. The summed E-state index contributed by atoms with van der Waals surface area (Å²) in [7, 11) is -3.89. The van der Waals surface area contributed by atoms with Crippen molar-refractivity contribution in [1.29, 1.82) is 0 Å². The zero-order valence-electron chi connectivity index (χ0n) is 17.9. The second kappa shape index (κ2) is 10.2. The molecule has 0 fully saturated rings. The van der Waals surface area contributed by atoms with Gasteiger partial charge in [0.05, 0.1) is 15.6 Å². The Kier molecular flexibility index (Phi) is 7.80. The highest BCUT2D eigenvalue weighted by Gasteiger charge is 2.18. The molecule has 0 unspecified atom stereocenters. The summed E-state index contributed by atoms with van der Waals surface area (Å²) >= 11 is 18.0. The zero-order chi connectivity index (χ0) is 24.3. The normalized spacial score (nSPS) is 12.2.